The summed E-state index contributed by atoms with van der Waals surface area (Å²) in [7, 11) is -2.19. The van der Waals surface area contributed by atoms with Crippen molar-refractivity contribution in [3.63, 3.8) is 0 Å². The van der Waals surface area contributed by atoms with E-state index < -0.39 is 31.6 Å². The summed E-state index contributed by atoms with van der Waals surface area (Å²) in [5.41, 5.74) is 0.845. The Morgan fingerprint density at radius 1 is 0.944 bits per heavy atom. The van der Waals surface area contributed by atoms with E-state index in [1.54, 1.807) is 6.07 Å². The molecular weight excluding hydrogens is 482 g/mol. The van der Waals surface area contributed by atoms with E-state index in [1.807, 2.05) is 13.1 Å². The Balaban J connectivity index is 2.56. The first-order chi connectivity index (χ1) is 16.8. The fourth-order valence-electron chi connectivity index (χ4n) is 3.72. The van der Waals surface area contributed by atoms with Crippen molar-refractivity contribution in [2.45, 2.75) is 66.0 Å². The number of hydrogen-bond donors (Lipinski definition) is 1. The molecule has 0 radical (unpaired) electrons. The Kier molecular flexibility index (Phi) is 9.75. The maximum Gasteiger partial charge on any atom is 0.333 e. The molecule has 0 spiro atoms. The SMILES string of the molecule is C=C(C)C(=O)OCc1cc(-c2ccc([Si](C)(C)CCCC)c(F)c2F)cc(COC(=O)C(=C)C)c1O. The van der Waals surface area contributed by atoms with E-state index in [-0.39, 0.29) is 52.4 Å². The molecule has 1 N–H and O–H groups in total. The maximum absolute atomic E-state index is 15.4. The van der Waals surface area contributed by atoms with Crippen LogP contribution in [-0.4, -0.2) is 25.1 Å². The highest BCUT2D eigenvalue weighted by atomic mass is 28.3. The Bertz CT molecular complexity index is 1140. The average Bonchev–Trinajstić information content (AvgIpc) is 2.82. The van der Waals surface area contributed by atoms with Crippen LogP contribution in [0.3, 0.4) is 0 Å². The zero-order valence-electron chi connectivity index (χ0n) is 21.6. The molecule has 8 heteroatoms. The van der Waals surface area contributed by atoms with Gasteiger partial charge in [-0.15, -0.1) is 0 Å². The van der Waals surface area contributed by atoms with E-state index in [0.717, 1.165) is 18.9 Å². The summed E-state index contributed by atoms with van der Waals surface area (Å²) in [4.78, 5) is 23.7. The molecule has 0 aliphatic heterocycles. The minimum atomic E-state index is -2.19. The van der Waals surface area contributed by atoms with Gasteiger partial charge in [0, 0.05) is 27.8 Å². The van der Waals surface area contributed by atoms with Crippen LogP contribution >= 0.6 is 0 Å². The molecule has 36 heavy (non-hydrogen) atoms. The number of phenols is 1. The van der Waals surface area contributed by atoms with Crippen LogP contribution in [0.5, 0.6) is 5.75 Å². The fourth-order valence-corrected chi connectivity index (χ4v) is 6.46. The van der Waals surface area contributed by atoms with Crippen molar-refractivity contribution in [2.24, 2.45) is 0 Å². The molecule has 0 heterocycles. The fraction of sp³-hybridized carbons (Fsp3) is 0.357. The number of carbonyl (C=O) groups excluding carboxylic acids is 2. The molecule has 2 rings (SSSR count). The number of rotatable bonds is 11. The number of benzene rings is 2. The summed E-state index contributed by atoms with van der Waals surface area (Å²) >= 11 is 0. The van der Waals surface area contributed by atoms with E-state index in [0.29, 0.717) is 5.19 Å². The van der Waals surface area contributed by atoms with Crippen molar-refractivity contribution in [1.82, 2.24) is 0 Å². The molecule has 5 nitrogen and oxygen atoms in total. The third-order valence-corrected chi connectivity index (χ3v) is 9.41. The first-order valence-electron chi connectivity index (χ1n) is 11.8. The number of unbranched alkanes of at least 4 members (excludes halogenated alkanes) is 1. The largest absolute Gasteiger partial charge is 0.507 e. The van der Waals surface area contributed by atoms with E-state index in [2.05, 4.69) is 20.1 Å². The molecular formula is C28H34F2O5Si. The number of aromatic hydroxyl groups is 1. The van der Waals surface area contributed by atoms with Gasteiger partial charge in [0.25, 0.3) is 0 Å². The quantitative estimate of drug-likeness (QED) is 0.216. The number of esters is 2. The van der Waals surface area contributed by atoms with E-state index in [1.165, 1.54) is 32.0 Å². The Morgan fingerprint density at radius 2 is 1.44 bits per heavy atom. The molecule has 0 fully saturated rings. The Labute approximate surface area is 212 Å². The standard InChI is InChI=1S/C28H34F2O5Si/c1-8-9-12-36(6,7)23-11-10-22(24(29)25(23)30)19-13-20(15-34-27(32)17(2)3)26(31)21(14-19)16-35-28(33)18(4)5/h10-11,13-14,31H,2,4,8-9,12,15-16H2,1,3,5-7H3. The van der Waals surface area contributed by atoms with Crippen molar-refractivity contribution >= 4 is 25.2 Å². The summed E-state index contributed by atoms with van der Waals surface area (Å²) < 4.78 is 41.0. The van der Waals surface area contributed by atoms with Crippen LogP contribution in [-0.2, 0) is 32.3 Å². The summed E-state index contributed by atoms with van der Waals surface area (Å²) in [6.45, 7) is 15.4. The van der Waals surface area contributed by atoms with Crippen LogP contribution in [0, 0.1) is 11.6 Å². The summed E-state index contributed by atoms with van der Waals surface area (Å²) in [6, 6.07) is 6.83. The molecule has 0 aliphatic carbocycles. The lowest BCUT2D eigenvalue weighted by Crippen LogP contribution is -2.43. The van der Waals surface area contributed by atoms with Crippen molar-refractivity contribution < 1.29 is 33.0 Å². The van der Waals surface area contributed by atoms with Crippen LogP contribution < -0.4 is 5.19 Å². The summed E-state index contributed by atoms with van der Waals surface area (Å²) in [5.74, 6) is -3.50. The van der Waals surface area contributed by atoms with Gasteiger partial charge in [-0.2, -0.15) is 0 Å². The third kappa shape index (κ3) is 6.91. The highest BCUT2D eigenvalue weighted by Crippen LogP contribution is 2.34. The van der Waals surface area contributed by atoms with Crippen molar-refractivity contribution in [1.29, 1.82) is 0 Å². The van der Waals surface area contributed by atoms with E-state index in [4.69, 9.17) is 9.47 Å². The smallest absolute Gasteiger partial charge is 0.333 e. The second kappa shape index (κ2) is 12.1. The molecule has 0 saturated heterocycles. The summed E-state index contributed by atoms with van der Waals surface area (Å²) in [5, 5.41) is 11.1. The minimum Gasteiger partial charge on any atom is -0.507 e. The molecule has 0 aromatic heterocycles. The second-order valence-corrected chi connectivity index (χ2v) is 14.4. The van der Waals surface area contributed by atoms with Crippen LogP contribution in [0.25, 0.3) is 11.1 Å². The van der Waals surface area contributed by atoms with Gasteiger partial charge in [0.15, 0.2) is 11.6 Å². The van der Waals surface area contributed by atoms with E-state index >= 15 is 8.78 Å². The van der Waals surface area contributed by atoms with Crippen LogP contribution in [0.15, 0.2) is 48.6 Å². The minimum absolute atomic E-state index is 0.0171. The highest BCUT2D eigenvalue weighted by molar-refractivity contribution is 6.89. The van der Waals surface area contributed by atoms with Crippen molar-refractivity contribution in [2.75, 3.05) is 0 Å². The molecule has 0 aliphatic rings. The zero-order valence-corrected chi connectivity index (χ0v) is 22.6. The topological polar surface area (TPSA) is 72.8 Å². The number of phenolic OH excluding ortho intramolecular Hbond substituents is 1. The van der Waals surface area contributed by atoms with Gasteiger partial charge in [-0.3, -0.25) is 0 Å². The number of carbonyl (C=O) groups is 2. The van der Waals surface area contributed by atoms with Crippen molar-refractivity contribution in [3.05, 3.63) is 71.3 Å². The lowest BCUT2D eigenvalue weighted by molar-refractivity contribution is -0.140. The lowest BCUT2D eigenvalue weighted by atomic mass is 9.98. The van der Waals surface area contributed by atoms with Crippen molar-refractivity contribution in [3.8, 4) is 16.9 Å². The normalized spacial score (nSPS) is 11.2. The number of ether oxygens (including phenoxy) is 2. The Morgan fingerprint density at radius 3 is 1.89 bits per heavy atom. The van der Waals surface area contributed by atoms with Gasteiger partial charge in [-0.25, -0.2) is 18.4 Å². The average molecular weight is 517 g/mol. The van der Waals surface area contributed by atoms with Gasteiger partial charge in [-0.05, 0) is 36.7 Å². The molecule has 194 valence electrons. The first kappa shape index (κ1) is 29.0. The molecule has 2 aromatic rings. The summed E-state index contributed by atoms with van der Waals surface area (Å²) in [6.07, 6.45) is 1.92. The van der Waals surface area contributed by atoms with Crippen LogP contribution in [0.2, 0.25) is 19.1 Å². The van der Waals surface area contributed by atoms with Gasteiger partial charge in [0.05, 0.1) is 8.07 Å². The van der Waals surface area contributed by atoms with Gasteiger partial charge < -0.3 is 14.6 Å². The maximum atomic E-state index is 15.4. The molecule has 0 unspecified atom stereocenters. The zero-order chi connectivity index (χ0) is 27.2. The van der Waals surface area contributed by atoms with Gasteiger partial charge in [0.1, 0.15) is 19.0 Å². The van der Waals surface area contributed by atoms with Gasteiger partial charge >= 0.3 is 11.9 Å². The Hall–Kier alpha value is -3.26. The predicted molar refractivity (Wildman–Crippen MR) is 140 cm³/mol. The lowest BCUT2D eigenvalue weighted by Gasteiger charge is -2.24. The predicted octanol–water partition coefficient (Wildman–Crippen LogP) is 6.29. The molecule has 0 amide bonds. The van der Waals surface area contributed by atoms with Gasteiger partial charge in [-0.1, -0.05) is 64.2 Å². The van der Waals surface area contributed by atoms with Crippen LogP contribution in [0.1, 0.15) is 44.7 Å². The number of hydrogen-bond acceptors (Lipinski definition) is 5. The van der Waals surface area contributed by atoms with E-state index in [9.17, 15) is 14.7 Å². The number of halogens is 2. The first-order valence-corrected chi connectivity index (χ1v) is 15.0. The molecule has 2 aromatic carbocycles. The highest BCUT2D eigenvalue weighted by Gasteiger charge is 2.29. The monoisotopic (exact) mass is 516 g/mol. The third-order valence-electron chi connectivity index (χ3n) is 5.96. The molecule has 0 saturated carbocycles. The molecule has 0 bridgehead atoms. The molecule has 0 atom stereocenters. The second-order valence-electron chi connectivity index (χ2n) is 9.63. The van der Waals surface area contributed by atoms with Gasteiger partial charge in [0.2, 0.25) is 0 Å². The van der Waals surface area contributed by atoms with Crippen LogP contribution in [0.4, 0.5) is 8.78 Å².